The molecule has 6 heteroatoms. The van der Waals surface area contributed by atoms with Crippen LogP contribution in [0.15, 0.2) is 6.20 Å². The average Bonchev–Trinajstić information content (AvgIpc) is 2.64. The van der Waals surface area contributed by atoms with Gasteiger partial charge in [-0.25, -0.2) is 0 Å². The van der Waals surface area contributed by atoms with Crippen LogP contribution >= 0.6 is 15.9 Å². The van der Waals surface area contributed by atoms with E-state index in [4.69, 9.17) is 0 Å². The van der Waals surface area contributed by atoms with Gasteiger partial charge >= 0.3 is 0 Å². The predicted octanol–water partition coefficient (Wildman–Crippen LogP) is 1.36. The molecule has 90 valence electrons. The first-order chi connectivity index (χ1) is 7.44. The molecule has 0 radical (unpaired) electrons. The highest BCUT2D eigenvalue weighted by molar-refractivity contribution is 9.09. The third-order valence-electron chi connectivity index (χ3n) is 2.28. The van der Waals surface area contributed by atoms with Crippen LogP contribution in [0, 0.1) is 5.41 Å². The minimum absolute atomic E-state index is 0.168. The fraction of sp³-hybridized carbons (Fsp3) is 0.700. The van der Waals surface area contributed by atoms with Crippen LogP contribution in [0.1, 0.15) is 30.8 Å². The van der Waals surface area contributed by atoms with Gasteiger partial charge in [0.1, 0.15) is 0 Å². The number of rotatable bonds is 5. The third kappa shape index (κ3) is 3.92. The number of aryl methyl sites for hydroxylation is 1. The van der Waals surface area contributed by atoms with Gasteiger partial charge in [-0.3, -0.25) is 9.48 Å². The quantitative estimate of drug-likeness (QED) is 0.833. The summed E-state index contributed by atoms with van der Waals surface area (Å²) >= 11 is 3.45. The van der Waals surface area contributed by atoms with Crippen LogP contribution in [-0.2, 0) is 7.05 Å². The molecule has 0 fully saturated rings. The number of hydrogen-bond acceptors (Lipinski definition) is 3. The van der Waals surface area contributed by atoms with Crippen molar-refractivity contribution in [1.29, 1.82) is 0 Å². The van der Waals surface area contributed by atoms with E-state index in [0.29, 0.717) is 12.2 Å². The van der Waals surface area contributed by atoms with Crippen molar-refractivity contribution in [3.05, 3.63) is 11.9 Å². The standard InChI is InChI=1S/C10H17BrN4O/c1-10(2,7-11)4-5-12-9(16)8-6-15(3)14-13-8/h6H,4-5,7H2,1-3H3,(H,12,16). The molecule has 1 heterocycles. The van der Waals surface area contributed by atoms with Gasteiger partial charge in [0.05, 0.1) is 6.20 Å². The zero-order valence-electron chi connectivity index (χ0n) is 9.83. The topological polar surface area (TPSA) is 59.8 Å². The molecule has 0 aliphatic rings. The highest BCUT2D eigenvalue weighted by Gasteiger charge is 2.16. The van der Waals surface area contributed by atoms with E-state index in [0.717, 1.165) is 11.8 Å². The monoisotopic (exact) mass is 288 g/mol. The molecule has 5 nitrogen and oxygen atoms in total. The molecule has 0 atom stereocenters. The zero-order chi connectivity index (χ0) is 12.2. The van der Waals surface area contributed by atoms with Crippen molar-refractivity contribution in [1.82, 2.24) is 20.3 Å². The Morgan fingerprint density at radius 3 is 2.81 bits per heavy atom. The van der Waals surface area contributed by atoms with Crippen molar-refractivity contribution >= 4 is 21.8 Å². The van der Waals surface area contributed by atoms with Crippen molar-refractivity contribution < 1.29 is 4.79 Å². The molecule has 1 N–H and O–H groups in total. The molecule has 1 amide bonds. The molecule has 16 heavy (non-hydrogen) atoms. The first kappa shape index (κ1) is 13.2. The van der Waals surface area contributed by atoms with Crippen LogP contribution in [0.4, 0.5) is 0 Å². The molecule has 0 bridgehead atoms. The molecular formula is C10H17BrN4O. The van der Waals surface area contributed by atoms with Crippen LogP contribution in [0.5, 0.6) is 0 Å². The highest BCUT2D eigenvalue weighted by Crippen LogP contribution is 2.21. The van der Waals surface area contributed by atoms with Gasteiger partial charge in [0.15, 0.2) is 5.69 Å². The number of halogens is 1. The smallest absolute Gasteiger partial charge is 0.273 e. The van der Waals surface area contributed by atoms with E-state index in [1.807, 2.05) is 0 Å². The molecular weight excluding hydrogens is 272 g/mol. The molecule has 1 aromatic heterocycles. The maximum absolute atomic E-state index is 11.6. The highest BCUT2D eigenvalue weighted by atomic mass is 79.9. The second-order valence-corrected chi connectivity index (χ2v) is 5.14. The Kier molecular flexibility index (Phi) is 4.46. The Labute approximate surface area is 104 Å². The summed E-state index contributed by atoms with van der Waals surface area (Å²) in [5.41, 5.74) is 0.550. The lowest BCUT2D eigenvalue weighted by atomic mass is 9.92. The number of hydrogen-bond donors (Lipinski definition) is 1. The number of nitrogens with zero attached hydrogens (tertiary/aromatic N) is 3. The normalized spacial score (nSPS) is 11.5. The summed E-state index contributed by atoms with van der Waals surface area (Å²) in [6.45, 7) is 4.94. The summed E-state index contributed by atoms with van der Waals surface area (Å²) in [7, 11) is 1.73. The van der Waals surface area contributed by atoms with Crippen LogP contribution in [-0.4, -0.2) is 32.8 Å². The molecule has 1 aromatic rings. The van der Waals surface area contributed by atoms with Gasteiger partial charge in [0, 0.05) is 18.9 Å². The zero-order valence-corrected chi connectivity index (χ0v) is 11.4. The summed E-state index contributed by atoms with van der Waals surface area (Å²) < 4.78 is 1.51. The van der Waals surface area contributed by atoms with Crippen LogP contribution in [0.3, 0.4) is 0 Å². The molecule has 0 unspecified atom stereocenters. The number of carbonyl (C=O) groups excluding carboxylic acids is 1. The van der Waals surface area contributed by atoms with E-state index in [9.17, 15) is 4.79 Å². The van der Waals surface area contributed by atoms with Gasteiger partial charge in [0.25, 0.3) is 5.91 Å². The molecule has 0 aliphatic heterocycles. The van der Waals surface area contributed by atoms with Crippen molar-refractivity contribution in [3.63, 3.8) is 0 Å². The van der Waals surface area contributed by atoms with Gasteiger partial charge in [0.2, 0.25) is 0 Å². The van der Waals surface area contributed by atoms with Gasteiger partial charge in [-0.05, 0) is 11.8 Å². The van der Waals surface area contributed by atoms with Gasteiger partial charge in [-0.1, -0.05) is 35.0 Å². The van der Waals surface area contributed by atoms with Gasteiger partial charge in [-0.2, -0.15) is 0 Å². The largest absolute Gasteiger partial charge is 0.351 e. The van der Waals surface area contributed by atoms with Crippen LogP contribution < -0.4 is 5.32 Å². The summed E-state index contributed by atoms with van der Waals surface area (Å²) in [6.07, 6.45) is 2.52. The van der Waals surface area contributed by atoms with E-state index in [1.54, 1.807) is 13.2 Å². The van der Waals surface area contributed by atoms with E-state index < -0.39 is 0 Å². The average molecular weight is 289 g/mol. The fourth-order valence-electron chi connectivity index (χ4n) is 1.12. The van der Waals surface area contributed by atoms with Crippen molar-refractivity contribution in [2.24, 2.45) is 12.5 Å². The lowest BCUT2D eigenvalue weighted by Crippen LogP contribution is -2.28. The molecule has 0 saturated heterocycles. The second-order valence-electron chi connectivity index (χ2n) is 4.58. The summed E-state index contributed by atoms with van der Waals surface area (Å²) in [5.74, 6) is -0.168. The van der Waals surface area contributed by atoms with E-state index in [2.05, 4.69) is 45.4 Å². The Hall–Kier alpha value is -0.910. The molecule has 1 rings (SSSR count). The molecule has 0 spiro atoms. The molecule has 0 aliphatic carbocycles. The second kappa shape index (κ2) is 5.43. The Morgan fingerprint density at radius 1 is 1.62 bits per heavy atom. The predicted molar refractivity (Wildman–Crippen MR) is 65.5 cm³/mol. The molecule has 0 aromatic carbocycles. The summed E-state index contributed by atoms with van der Waals surface area (Å²) in [5, 5.41) is 11.2. The van der Waals surface area contributed by atoms with E-state index >= 15 is 0 Å². The van der Waals surface area contributed by atoms with Crippen LogP contribution in [0.2, 0.25) is 0 Å². The first-order valence-electron chi connectivity index (χ1n) is 5.15. The number of amides is 1. The maximum Gasteiger partial charge on any atom is 0.273 e. The first-order valence-corrected chi connectivity index (χ1v) is 6.27. The number of carbonyl (C=O) groups is 1. The van der Waals surface area contributed by atoms with E-state index in [1.165, 1.54) is 4.68 Å². The minimum atomic E-state index is -0.168. The minimum Gasteiger partial charge on any atom is -0.351 e. The van der Waals surface area contributed by atoms with Crippen LogP contribution in [0.25, 0.3) is 0 Å². The van der Waals surface area contributed by atoms with E-state index in [-0.39, 0.29) is 11.3 Å². The lowest BCUT2D eigenvalue weighted by molar-refractivity contribution is 0.0944. The summed E-state index contributed by atoms with van der Waals surface area (Å²) in [6, 6.07) is 0. The van der Waals surface area contributed by atoms with Gasteiger partial charge in [-0.15, -0.1) is 5.10 Å². The van der Waals surface area contributed by atoms with Gasteiger partial charge < -0.3 is 5.32 Å². The molecule has 0 saturated carbocycles. The lowest BCUT2D eigenvalue weighted by Gasteiger charge is -2.21. The number of alkyl halides is 1. The Morgan fingerprint density at radius 2 is 2.31 bits per heavy atom. The maximum atomic E-state index is 11.6. The van der Waals surface area contributed by atoms with Crippen molar-refractivity contribution in [2.75, 3.05) is 11.9 Å². The SMILES string of the molecule is Cn1cc(C(=O)NCCC(C)(C)CBr)nn1. The number of aromatic nitrogens is 3. The fourth-order valence-corrected chi connectivity index (χ4v) is 1.40. The number of nitrogens with one attached hydrogen (secondary N) is 1. The summed E-state index contributed by atoms with van der Waals surface area (Å²) in [4.78, 5) is 11.6. The third-order valence-corrected chi connectivity index (χ3v) is 3.80. The Bertz CT molecular complexity index is 361. The van der Waals surface area contributed by atoms with Crippen molar-refractivity contribution in [2.45, 2.75) is 20.3 Å². The van der Waals surface area contributed by atoms with Crippen molar-refractivity contribution in [3.8, 4) is 0 Å². The Balaban J connectivity index is 2.37.